The number of nitrogens with one attached hydrogen (secondary N) is 2. The minimum absolute atomic E-state index is 0.0166. The molecule has 2 N–H and O–H groups in total. The molecular weight excluding hydrogens is 514 g/mol. The molecule has 1 aromatic carbocycles. The van der Waals surface area contributed by atoms with Crippen molar-refractivity contribution in [2.45, 2.75) is 91.6 Å². The van der Waals surface area contributed by atoms with Crippen molar-refractivity contribution in [3.8, 4) is 17.2 Å². The lowest BCUT2D eigenvalue weighted by molar-refractivity contribution is -0.121. The highest BCUT2D eigenvalue weighted by Gasteiger charge is 2.48. The van der Waals surface area contributed by atoms with Gasteiger partial charge in [-0.3, -0.25) is 9.59 Å². The second kappa shape index (κ2) is 10.7. The number of aromatic amines is 1. The first-order chi connectivity index (χ1) is 18.6. The van der Waals surface area contributed by atoms with E-state index >= 15 is 0 Å². The van der Waals surface area contributed by atoms with Crippen molar-refractivity contribution in [3.63, 3.8) is 0 Å². The van der Waals surface area contributed by atoms with Crippen molar-refractivity contribution >= 4 is 17.7 Å². The maximum absolute atomic E-state index is 13.7. The van der Waals surface area contributed by atoms with Crippen molar-refractivity contribution in [3.05, 3.63) is 44.9 Å². The molecule has 10 nitrogen and oxygen atoms in total. The maximum Gasteiger partial charge on any atom is 0.407 e. The summed E-state index contributed by atoms with van der Waals surface area (Å²) in [5.41, 5.74) is 1.80. The number of fused-ring (bicyclic) bond motifs is 1. The van der Waals surface area contributed by atoms with E-state index in [-0.39, 0.29) is 29.1 Å². The number of nitrogens with zero attached hydrogens (tertiary/aromatic N) is 1. The average molecular weight is 556 g/mol. The second-order valence-electron chi connectivity index (χ2n) is 12.0. The van der Waals surface area contributed by atoms with Crippen LogP contribution >= 0.6 is 0 Å². The number of hydrogen-bond acceptors (Lipinski definition) is 7. The molecule has 1 aliphatic carbocycles. The van der Waals surface area contributed by atoms with Crippen LogP contribution in [0.3, 0.4) is 0 Å². The molecule has 0 saturated heterocycles. The van der Waals surface area contributed by atoms with Gasteiger partial charge in [0.25, 0.3) is 17.3 Å². The second-order valence-corrected chi connectivity index (χ2v) is 12.0. The lowest BCUT2D eigenvalue weighted by atomic mass is 9.81. The van der Waals surface area contributed by atoms with Crippen LogP contribution in [0.1, 0.15) is 80.6 Å². The zero-order valence-corrected chi connectivity index (χ0v) is 24.9. The standard InChI is InChI=1S/C30H41N3O7/c1-16-14-17(2)31-26(34)23(16)33(8)27(35)21-15-22(37-9)25-24(18(21)3)38-30(7,39-25)19-10-12-20(13-11-19)32-28(36)40-29(4,5)6/h14-15,19-20H,10-13H2,1-9H3,(H,31,34)(H,32,36). The molecule has 1 fully saturated rings. The minimum atomic E-state index is -0.963. The highest BCUT2D eigenvalue weighted by atomic mass is 16.7. The zero-order chi connectivity index (χ0) is 29.6. The lowest BCUT2D eigenvalue weighted by Crippen LogP contribution is -2.48. The Morgan fingerprint density at radius 1 is 1.07 bits per heavy atom. The predicted octanol–water partition coefficient (Wildman–Crippen LogP) is 5.16. The molecule has 40 heavy (non-hydrogen) atoms. The smallest absolute Gasteiger partial charge is 0.407 e. The summed E-state index contributed by atoms with van der Waals surface area (Å²) in [6, 6.07) is 3.49. The van der Waals surface area contributed by atoms with Crippen molar-refractivity contribution in [2.75, 3.05) is 19.1 Å². The average Bonchev–Trinajstić information content (AvgIpc) is 3.21. The molecule has 1 aliphatic heterocycles. The van der Waals surface area contributed by atoms with Gasteiger partial charge in [-0.1, -0.05) is 0 Å². The number of alkyl carbamates (subject to hydrolysis) is 1. The molecule has 10 heteroatoms. The van der Waals surface area contributed by atoms with Gasteiger partial charge in [0.1, 0.15) is 11.3 Å². The van der Waals surface area contributed by atoms with Gasteiger partial charge in [0.15, 0.2) is 11.5 Å². The molecule has 1 aromatic heterocycles. The quantitative estimate of drug-likeness (QED) is 0.523. The molecular formula is C30H41N3O7. The summed E-state index contributed by atoms with van der Waals surface area (Å²) >= 11 is 0. The number of benzene rings is 1. The number of hydrogen-bond donors (Lipinski definition) is 2. The SMILES string of the molecule is COc1cc(C(=O)N(C)c2c(C)cc(C)[nH]c2=O)c(C)c2c1OC(C)(C1CCC(NC(=O)OC(C)(C)C)CC1)O2. The van der Waals surface area contributed by atoms with Crippen molar-refractivity contribution in [1.29, 1.82) is 0 Å². The molecule has 2 aliphatic rings. The van der Waals surface area contributed by atoms with Crippen LogP contribution in [0, 0.1) is 26.7 Å². The van der Waals surface area contributed by atoms with E-state index in [2.05, 4.69) is 10.3 Å². The van der Waals surface area contributed by atoms with E-state index in [0.29, 0.717) is 33.9 Å². The van der Waals surface area contributed by atoms with Crippen molar-refractivity contribution in [1.82, 2.24) is 10.3 Å². The monoisotopic (exact) mass is 555 g/mol. The summed E-state index contributed by atoms with van der Waals surface area (Å²) in [6.45, 7) is 12.8. The predicted molar refractivity (Wildman–Crippen MR) is 152 cm³/mol. The van der Waals surface area contributed by atoms with Crippen molar-refractivity contribution in [2.24, 2.45) is 5.92 Å². The van der Waals surface area contributed by atoms with Gasteiger partial charge in [0.05, 0.1) is 12.7 Å². The highest BCUT2D eigenvalue weighted by Crippen LogP contribution is 2.53. The van der Waals surface area contributed by atoms with Crippen LogP contribution in [0.5, 0.6) is 17.2 Å². The van der Waals surface area contributed by atoms with Gasteiger partial charge in [0, 0.05) is 37.2 Å². The van der Waals surface area contributed by atoms with Crippen LogP contribution in [0.4, 0.5) is 10.5 Å². The minimum Gasteiger partial charge on any atom is -0.493 e. The van der Waals surface area contributed by atoms with Crippen LogP contribution in [-0.4, -0.2) is 48.6 Å². The first-order valence-electron chi connectivity index (χ1n) is 13.7. The fourth-order valence-corrected chi connectivity index (χ4v) is 5.68. The van der Waals surface area contributed by atoms with E-state index in [0.717, 1.165) is 31.4 Å². The molecule has 4 rings (SSSR count). The van der Waals surface area contributed by atoms with Gasteiger partial charge in [-0.05, 0) is 84.9 Å². The van der Waals surface area contributed by atoms with Gasteiger partial charge in [-0.15, -0.1) is 0 Å². The Labute approximate surface area is 235 Å². The summed E-state index contributed by atoms with van der Waals surface area (Å²) < 4.78 is 23.9. The number of carbonyl (C=O) groups is 2. The first kappa shape index (κ1) is 29.3. The summed E-state index contributed by atoms with van der Waals surface area (Å²) in [5.74, 6) is 0.0339. The van der Waals surface area contributed by atoms with E-state index < -0.39 is 17.5 Å². The number of aryl methyl sites for hydroxylation is 2. The third kappa shape index (κ3) is 5.76. The number of aromatic nitrogens is 1. The number of anilines is 1. The topological polar surface area (TPSA) is 119 Å². The molecule has 1 unspecified atom stereocenters. The van der Waals surface area contributed by atoms with E-state index in [1.54, 1.807) is 27.0 Å². The Hall–Kier alpha value is -3.69. The van der Waals surface area contributed by atoms with Crippen LogP contribution in [0.25, 0.3) is 0 Å². The first-order valence-corrected chi connectivity index (χ1v) is 13.7. The zero-order valence-electron chi connectivity index (χ0n) is 24.9. The summed E-state index contributed by atoms with van der Waals surface area (Å²) in [7, 11) is 3.10. The number of H-pyrrole nitrogens is 1. The highest BCUT2D eigenvalue weighted by molar-refractivity contribution is 6.08. The Bertz CT molecular complexity index is 1370. The number of carbonyl (C=O) groups excluding carboxylic acids is 2. The van der Waals surface area contributed by atoms with Crippen LogP contribution in [-0.2, 0) is 4.74 Å². The number of ether oxygens (including phenoxy) is 4. The van der Waals surface area contributed by atoms with Crippen LogP contribution < -0.4 is 30.0 Å². The van der Waals surface area contributed by atoms with Gasteiger partial charge >= 0.3 is 6.09 Å². The maximum atomic E-state index is 13.7. The molecule has 2 heterocycles. The number of pyridine rings is 1. The summed E-state index contributed by atoms with van der Waals surface area (Å²) in [6.07, 6.45) is 2.66. The summed E-state index contributed by atoms with van der Waals surface area (Å²) in [4.78, 5) is 42.7. The van der Waals surface area contributed by atoms with E-state index in [9.17, 15) is 14.4 Å². The van der Waals surface area contributed by atoms with E-state index in [1.807, 2.05) is 40.7 Å². The fraction of sp³-hybridized carbons (Fsp3) is 0.567. The molecule has 1 atom stereocenters. The van der Waals surface area contributed by atoms with E-state index in [1.165, 1.54) is 12.0 Å². The third-order valence-corrected chi connectivity index (χ3v) is 7.67. The molecule has 0 bridgehead atoms. The van der Waals surface area contributed by atoms with Gasteiger partial charge < -0.3 is 34.1 Å². The Kier molecular flexibility index (Phi) is 7.84. The normalized spacial score (nSPS) is 22.0. The van der Waals surface area contributed by atoms with Crippen LogP contribution in [0.2, 0.25) is 0 Å². The van der Waals surface area contributed by atoms with Gasteiger partial charge in [-0.25, -0.2) is 4.79 Å². The molecule has 218 valence electrons. The fourth-order valence-electron chi connectivity index (χ4n) is 5.68. The van der Waals surface area contributed by atoms with E-state index in [4.69, 9.17) is 18.9 Å². The Morgan fingerprint density at radius 3 is 2.27 bits per heavy atom. The molecule has 2 aromatic rings. The largest absolute Gasteiger partial charge is 0.493 e. The molecule has 0 radical (unpaired) electrons. The van der Waals surface area contributed by atoms with Crippen molar-refractivity contribution < 1.29 is 28.5 Å². The molecule has 0 spiro atoms. The third-order valence-electron chi connectivity index (χ3n) is 7.67. The number of amides is 2. The number of rotatable bonds is 5. The molecule has 2 amide bonds. The van der Waals surface area contributed by atoms with Crippen LogP contribution in [0.15, 0.2) is 16.9 Å². The summed E-state index contributed by atoms with van der Waals surface area (Å²) in [5, 5.41) is 2.97. The van der Waals surface area contributed by atoms with Gasteiger partial charge in [-0.2, -0.15) is 0 Å². The number of methoxy groups -OCH3 is 1. The Balaban J connectivity index is 1.53. The Morgan fingerprint density at radius 2 is 1.70 bits per heavy atom. The lowest BCUT2D eigenvalue weighted by Gasteiger charge is -2.37. The van der Waals surface area contributed by atoms with Gasteiger partial charge in [0.2, 0.25) is 5.75 Å². The molecule has 1 saturated carbocycles.